The summed E-state index contributed by atoms with van der Waals surface area (Å²) < 4.78 is 11.6. The fourth-order valence-corrected chi connectivity index (χ4v) is 3.64. The molecule has 3 unspecified atom stereocenters. The van der Waals surface area contributed by atoms with E-state index in [1.54, 1.807) is 6.26 Å². The molecule has 1 N–H and O–H groups in total. The molecule has 1 aliphatic carbocycles. The molecule has 0 radical (unpaired) electrons. The quantitative estimate of drug-likeness (QED) is 0.808. The Kier molecular flexibility index (Phi) is 5.67. The first kappa shape index (κ1) is 15.6. The van der Waals surface area contributed by atoms with Gasteiger partial charge in [-0.05, 0) is 44.7 Å². The van der Waals surface area contributed by atoms with E-state index in [-0.39, 0.29) is 11.6 Å². The summed E-state index contributed by atoms with van der Waals surface area (Å²) >= 11 is 0. The number of rotatable bonds is 7. The van der Waals surface area contributed by atoms with Crippen LogP contribution in [-0.4, -0.2) is 18.8 Å². The van der Waals surface area contributed by atoms with E-state index in [4.69, 9.17) is 9.15 Å². The molecule has 1 aromatic heterocycles. The van der Waals surface area contributed by atoms with Crippen LogP contribution in [0.3, 0.4) is 0 Å². The SMILES string of the molecule is CCCNC(c1ccoc1)C1(OCC)CCCC(C)C1. The standard InChI is InChI=1S/C17H29NO2/c1-4-10-18-16(15-8-11-19-13-15)17(20-5-2)9-6-7-14(3)12-17/h8,11,13-14,16,18H,4-7,9-10,12H2,1-3H3. The molecular weight excluding hydrogens is 250 g/mol. The fraction of sp³-hybridized carbons (Fsp3) is 0.765. The number of hydrogen-bond donors (Lipinski definition) is 1. The molecule has 2 rings (SSSR count). The van der Waals surface area contributed by atoms with Gasteiger partial charge in [0, 0.05) is 12.2 Å². The second kappa shape index (κ2) is 7.28. The molecular formula is C17H29NO2. The summed E-state index contributed by atoms with van der Waals surface area (Å²) in [7, 11) is 0. The Hall–Kier alpha value is -0.800. The minimum atomic E-state index is -0.0779. The average molecular weight is 279 g/mol. The maximum absolute atomic E-state index is 6.32. The summed E-state index contributed by atoms with van der Waals surface area (Å²) in [6, 6.07) is 2.32. The summed E-state index contributed by atoms with van der Waals surface area (Å²) in [5.41, 5.74) is 1.15. The third kappa shape index (κ3) is 3.44. The zero-order valence-electron chi connectivity index (χ0n) is 13.2. The van der Waals surface area contributed by atoms with Crippen molar-refractivity contribution in [3.05, 3.63) is 24.2 Å². The lowest BCUT2D eigenvalue weighted by Gasteiger charge is -2.45. The zero-order chi connectivity index (χ0) is 14.4. The lowest BCUT2D eigenvalue weighted by molar-refractivity contribution is -0.102. The van der Waals surface area contributed by atoms with Gasteiger partial charge in [-0.15, -0.1) is 0 Å². The van der Waals surface area contributed by atoms with Crippen LogP contribution in [0.5, 0.6) is 0 Å². The van der Waals surface area contributed by atoms with Crippen LogP contribution in [0.15, 0.2) is 23.0 Å². The highest BCUT2D eigenvalue weighted by Gasteiger charge is 2.43. The van der Waals surface area contributed by atoms with E-state index in [2.05, 4.69) is 32.2 Å². The third-order valence-corrected chi connectivity index (χ3v) is 4.42. The first-order valence-electron chi connectivity index (χ1n) is 8.11. The van der Waals surface area contributed by atoms with E-state index < -0.39 is 0 Å². The van der Waals surface area contributed by atoms with Crippen molar-refractivity contribution >= 4 is 0 Å². The van der Waals surface area contributed by atoms with Gasteiger partial charge in [-0.3, -0.25) is 0 Å². The number of furan rings is 1. The van der Waals surface area contributed by atoms with E-state index in [1.165, 1.54) is 18.4 Å². The summed E-state index contributed by atoms with van der Waals surface area (Å²) in [4.78, 5) is 0. The predicted octanol–water partition coefficient (Wildman–Crippen LogP) is 4.31. The van der Waals surface area contributed by atoms with Crippen molar-refractivity contribution in [2.75, 3.05) is 13.2 Å². The second-order valence-electron chi connectivity index (χ2n) is 6.14. The molecule has 3 heteroatoms. The summed E-state index contributed by atoms with van der Waals surface area (Å²) in [6.45, 7) is 8.44. The molecule has 1 aliphatic rings. The molecule has 3 atom stereocenters. The highest BCUT2D eigenvalue weighted by molar-refractivity contribution is 5.18. The summed E-state index contributed by atoms with van der Waals surface area (Å²) in [6.07, 6.45) is 9.61. The van der Waals surface area contributed by atoms with Crippen molar-refractivity contribution in [1.29, 1.82) is 0 Å². The second-order valence-corrected chi connectivity index (χ2v) is 6.14. The molecule has 0 aliphatic heterocycles. The van der Waals surface area contributed by atoms with Crippen molar-refractivity contribution in [2.24, 2.45) is 5.92 Å². The van der Waals surface area contributed by atoms with Crippen LogP contribution in [-0.2, 0) is 4.74 Å². The van der Waals surface area contributed by atoms with Crippen LogP contribution in [0.4, 0.5) is 0 Å². The van der Waals surface area contributed by atoms with Crippen LogP contribution in [0.25, 0.3) is 0 Å². The minimum absolute atomic E-state index is 0.0779. The highest BCUT2D eigenvalue weighted by atomic mass is 16.5. The molecule has 114 valence electrons. The monoisotopic (exact) mass is 279 g/mol. The Bertz CT molecular complexity index is 372. The normalized spacial score (nSPS) is 28.4. The lowest BCUT2D eigenvalue weighted by Crippen LogP contribution is -2.49. The maximum Gasteiger partial charge on any atom is 0.0951 e. The van der Waals surface area contributed by atoms with E-state index in [1.807, 2.05) is 6.26 Å². The van der Waals surface area contributed by atoms with Gasteiger partial charge in [-0.2, -0.15) is 0 Å². The highest BCUT2D eigenvalue weighted by Crippen LogP contribution is 2.43. The van der Waals surface area contributed by atoms with Crippen LogP contribution in [0.1, 0.15) is 64.5 Å². The molecule has 1 fully saturated rings. The number of ether oxygens (including phenoxy) is 1. The topological polar surface area (TPSA) is 34.4 Å². The van der Waals surface area contributed by atoms with Gasteiger partial charge in [0.25, 0.3) is 0 Å². The first-order valence-corrected chi connectivity index (χ1v) is 8.11. The Morgan fingerprint density at radius 3 is 2.95 bits per heavy atom. The minimum Gasteiger partial charge on any atom is -0.472 e. The van der Waals surface area contributed by atoms with Crippen LogP contribution >= 0.6 is 0 Å². The Labute approximate surface area is 123 Å². The van der Waals surface area contributed by atoms with Gasteiger partial charge in [0.15, 0.2) is 0 Å². The van der Waals surface area contributed by atoms with Crippen LogP contribution in [0.2, 0.25) is 0 Å². The van der Waals surface area contributed by atoms with Gasteiger partial charge in [-0.25, -0.2) is 0 Å². The molecule has 0 spiro atoms. The van der Waals surface area contributed by atoms with Crippen molar-refractivity contribution in [3.8, 4) is 0 Å². The maximum atomic E-state index is 6.32. The molecule has 0 bridgehead atoms. The first-order chi connectivity index (χ1) is 9.72. The molecule has 1 aromatic rings. The lowest BCUT2D eigenvalue weighted by atomic mass is 9.73. The largest absolute Gasteiger partial charge is 0.472 e. The molecule has 1 heterocycles. The van der Waals surface area contributed by atoms with Gasteiger partial charge in [-0.1, -0.05) is 26.7 Å². The number of hydrogen-bond acceptors (Lipinski definition) is 3. The molecule has 0 amide bonds. The zero-order valence-corrected chi connectivity index (χ0v) is 13.2. The molecule has 0 aromatic carbocycles. The van der Waals surface area contributed by atoms with E-state index in [9.17, 15) is 0 Å². The Morgan fingerprint density at radius 1 is 1.50 bits per heavy atom. The van der Waals surface area contributed by atoms with Gasteiger partial charge in [0.2, 0.25) is 0 Å². The summed E-state index contributed by atoms with van der Waals surface area (Å²) in [5, 5.41) is 3.70. The average Bonchev–Trinajstić information content (AvgIpc) is 2.93. The Morgan fingerprint density at radius 2 is 2.35 bits per heavy atom. The predicted molar refractivity (Wildman–Crippen MR) is 81.7 cm³/mol. The van der Waals surface area contributed by atoms with E-state index in [0.717, 1.165) is 38.3 Å². The van der Waals surface area contributed by atoms with Gasteiger partial charge in [0.05, 0.1) is 24.2 Å². The molecule has 3 nitrogen and oxygen atoms in total. The fourth-order valence-electron chi connectivity index (χ4n) is 3.64. The third-order valence-electron chi connectivity index (χ3n) is 4.42. The molecule has 1 saturated carbocycles. The number of nitrogens with one attached hydrogen (secondary N) is 1. The van der Waals surface area contributed by atoms with Crippen LogP contribution in [0, 0.1) is 5.92 Å². The summed E-state index contributed by atoms with van der Waals surface area (Å²) in [5.74, 6) is 0.730. The van der Waals surface area contributed by atoms with E-state index >= 15 is 0 Å². The van der Waals surface area contributed by atoms with Gasteiger partial charge < -0.3 is 14.5 Å². The van der Waals surface area contributed by atoms with Crippen molar-refractivity contribution < 1.29 is 9.15 Å². The van der Waals surface area contributed by atoms with Crippen LogP contribution < -0.4 is 5.32 Å². The molecule has 0 saturated heterocycles. The Balaban J connectivity index is 2.25. The van der Waals surface area contributed by atoms with E-state index in [0.29, 0.717) is 0 Å². The van der Waals surface area contributed by atoms with Gasteiger partial charge >= 0.3 is 0 Å². The van der Waals surface area contributed by atoms with Crippen molar-refractivity contribution in [2.45, 2.75) is 64.5 Å². The molecule has 20 heavy (non-hydrogen) atoms. The smallest absolute Gasteiger partial charge is 0.0951 e. The van der Waals surface area contributed by atoms with Crippen molar-refractivity contribution in [3.63, 3.8) is 0 Å². The van der Waals surface area contributed by atoms with Gasteiger partial charge in [0.1, 0.15) is 0 Å². The van der Waals surface area contributed by atoms with Crippen molar-refractivity contribution in [1.82, 2.24) is 5.32 Å².